The van der Waals surface area contributed by atoms with Crippen LogP contribution in [0.15, 0.2) is 66.7 Å². The van der Waals surface area contributed by atoms with Gasteiger partial charge in [-0.05, 0) is 31.5 Å². The lowest BCUT2D eigenvalue weighted by molar-refractivity contribution is 0.870. The normalized spacial score (nSPS) is 10.5. The molecule has 0 bridgehead atoms. The van der Waals surface area contributed by atoms with Crippen molar-refractivity contribution in [3.05, 3.63) is 78.1 Å². The van der Waals surface area contributed by atoms with E-state index in [-0.39, 0.29) is 0 Å². The third-order valence-electron chi connectivity index (χ3n) is 4.13. The van der Waals surface area contributed by atoms with E-state index in [9.17, 15) is 0 Å². The van der Waals surface area contributed by atoms with Crippen molar-refractivity contribution in [3.8, 4) is 0 Å². The molecule has 0 N–H and O–H groups in total. The Morgan fingerprint density at radius 1 is 0.840 bits per heavy atom. The van der Waals surface area contributed by atoms with Crippen LogP contribution in [-0.2, 0) is 6.54 Å². The number of benzene rings is 2. The minimum Gasteiger partial charge on any atom is -0.355 e. The van der Waals surface area contributed by atoms with Crippen LogP contribution in [-0.4, -0.2) is 23.6 Å². The number of hydrogen-bond acceptors (Lipinski definition) is 4. The van der Waals surface area contributed by atoms with Crippen molar-refractivity contribution in [2.24, 2.45) is 0 Å². The summed E-state index contributed by atoms with van der Waals surface area (Å²) in [6.07, 6.45) is 0. The summed E-state index contributed by atoms with van der Waals surface area (Å²) in [5.74, 6) is 2.64. The van der Waals surface area contributed by atoms with E-state index in [0.29, 0.717) is 0 Å². The second-order valence-corrected chi connectivity index (χ2v) is 6.05. The molecule has 0 radical (unpaired) electrons. The van der Waals surface area contributed by atoms with Crippen LogP contribution in [0.3, 0.4) is 0 Å². The molecular formula is C21H24N4. The van der Waals surface area contributed by atoms with Gasteiger partial charge >= 0.3 is 0 Å². The lowest BCUT2D eigenvalue weighted by Gasteiger charge is -2.25. The number of hydrogen-bond donors (Lipinski definition) is 0. The van der Waals surface area contributed by atoms with Crippen LogP contribution >= 0.6 is 0 Å². The van der Waals surface area contributed by atoms with Gasteiger partial charge in [-0.2, -0.15) is 0 Å². The molecule has 4 nitrogen and oxygen atoms in total. The minimum absolute atomic E-state index is 0.779. The van der Waals surface area contributed by atoms with E-state index in [1.54, 1.807) is 0 Å². The highest BCUT2D eigenvalue weighted by molar-refractivity contribution is 5.62. The highest BCUT2D eigenvalue weighted by Crippen LogP contribution is 2.26. The Labute approximate surface area is 149 Å². The SMILES string of the molecule is CCN(c1ccccc1)c1cc(N(C)Cc2ccccc2)nc(C)n1. The van der Waals surface area contributed by atoms with Crippen LogP contribution in [0.4, 0.5) is 17.3 Å². The molecule has 0 aliphatic rings. The third-order valence-corrected chi connectivity index (χ3v) is 4.13. The number of rotatable bonds is 6. The van der Waals surface area contributed by atoms with Gasteiger partial charge in [0.15, 0.2) is 0 Å². The number of nitrogens with zero attached hydrogens (tertiary/aromatic N) is 4. The molecule has 0 saturated carbocycles. The zero-order valence-corrected chi connectivity index (χ0v) is 15.1. The van der Waals surface area contributed by atoms with Crippen molar-refractivity contribution in [2.45, 2.75) is 20.4 Å². The molecule has 0 unspecified atom stereocenters. The zero-order valence-electron chi connectivity index (χ0n) is 15.1. The standard InChI is InChI=1S/C21H24N4/c1-4-25(19-13-9-6-10-14-19)21-15-20(22-17(2)23-21)24(3)16-18-11-7-5-8-12-18/h5-15H,4,16H2,1-3H3. The van der Waals surface area contributed by atoms with Gasteiger partial charge < -0.3 is 9.80 Å². The molecule has 3 aromatic rings. The summed E-state index contributed by atoms with van der Waals surface area (Å²) in [4.78, 5) is 13.6. The fourth-order valence-electron chi connectivity index (χ4n) is 2.89. The summed E-state index contributed by atoms with van der Waals surface area (Å²) < 4.78 is 0. The first-order chi connectivity index (χ1) is 12.2. The minimum atomic E-state index is 0.779. The van der Waals surface area contributed by atoms with Crippen molar-refractivity contribution in [1.29, 1.82) is 0 Å². The van der Waals surface area contributed by atoms with Gasteiger partial charge in [0.1, 0.15) is 17.5 Å². The van der Waals surface area contributed by atoms with Gasteiger partial charge in [-0.25, -0.2) is 9.97 Å². The zero-order chi connectivity index (χ0) is 17.6. The summed E-state index contributed by atoms with van der Waals surface area (Å²) in [6, 6.07) is 22.8. The van der Waals surface area contributed by atoms with E-state index in [0.717, 1.165) is 36.2 Å². The second kappa shape index (κ2) is 7.79. The predicted octanol–water partition coefficient (Wildman–Crippen LogP) is 4.58. The molecule has 0 fully saturated rings. The topological polar surface area (TPSA) is 32.3 Å². The summed E-state index contributed by atoms with van der Waals surface area (Å²) in [5.41, 5.74) is 2.40. The van der Waals surface area contributed by atoms with Crippen molar-refractivity contribution in [2.75, 3.05) is 23.4 Å². The summed E-state index contributed by atoms with van der Waals surface area (Å²) in [7, 11) is 2.07. The van der Waals surface area contributed by atoms with Crippen LogP contribution in [0.2, 0.25) is 0 Å². The van der Waals surface area contributed by atoms with Crippen LogP contribution in [0.1, 0.15) is 18.3 Å². The Balaban J connectivity index is 1.89. The quantitative estimate of drug-likeness (QED) is 0.661. The highest BCUT2D eigenvalue weighted by atomic mass is 15.2. The number of aryl methyl sites for hydroxylation is 1. The average molecular weight is 332 g/mol. The van der Waals surface area contributed by atoms with Crippen molar-refractivity contribution in [1.82, 2.24) is 9.97 Å². The lowest BCUT2D eigenvalue weighted by atomic mass is 10.2. The van der Waals surface area contributed by atoms with Gasteiger partial charge in [0.05, 0.1) is 0 Å². The van der Waals surface area contributed by atoms with E-state index in [1.165, 1.54) is 5.56 Å². The molecule has 0 aliphatic carbocycles. The number of aromatic nitrogens is 2. The predicted molar refractivity (Wildman–Crippen MR) is 104 cm³/mol. The monoisotopic (exact) mass is 332 g/mol. The molecule has 25 heavy (non-hydrogen) atoms. The van der Waals surface area contributed by atoms with Crippen molar-refractivity contribution >= 4 is 17.3 Å². The van der Waals surface area contributed by atoms with E-state index >= 15 is 0 Å². The molecule has 0 spiro atoms. The fraction of sp³-hybridized carbons (Fsp3) is 0.238. The summed E-state index contributed by atoms with van der Waals surface area (Å²) >= 11 is 0. The molecule has 0 atom stereocenters. The maximum atomic E-state index is 4.66. The van der Waals surface area contributed by atoms with Gasteiger partial charge in [-0.1, -0.05) is 48.5 Å². The molecule has 0 amide bonds. The van der Waals surface area contributed by atoms with Crippen LogP contribution in [0.5, 0.6) is 0 Å². The van der Waals surface area contributed by atoms with Gasteiger partial charge in [0, 0.05) is 31.9 Å². The Hall–Kier alpha value is -2.88. The molecule has 0 aliphatic heterocycles. The molecular weight excluding hydrogens is 308 g/mol. The molecule has 4 heteroatoms. The van der Waals surface area contributed by atoms with E-state index in [2.05, 4.69) is 88.3 Å². The molecule has 1 aromatic heterocycles. The van der Waals surface area contributed by atoms with Crippen LogP contribution in [0, 0.1) is 6.92 Å². The molecule has 1 heterocycles. The van der Waals surface area contributed by atoms with E-state index < -0.39 is 0 Å². The average Bonchev–Trinajstić information content (AvgIpc) is 2.64. The Kier molecular flexibility index (Phi) is 5.29. The molecule has 128 valence electrons. The van der Waals surface area contributed by atoms with Crippen molar-refractivity contribution in [3.63, 3.8) is 0 Å². The Morgan fingerprint density at radius 3 is 2.08 bits per heavy atom. The van der Waals surface area contributed by atoms with E-state index in [1.807, 2.05) is 19.1 Å². The van der Waals surface area contributed by atoms with Crippen molar-refractivity contribution < 1.29 is 0 Å². The first-order valence-corrected chi connectivity index (χ1v) is 8.60. The van der Waals surface area contributed by atoms with Gasteiger partial charge in [-0.15, -0.1) is 0 Å². The maximum absolute atomic E-state index is 4.66. The van der Waals surface area contributed by atoms with Crippen LogP contribution in [0.25, 0.3) is 0 Å². The summed E-state index contributed by atoms with van der Waals surface area (Å²) in [6.45, 7) is 5.75. The molecule has 0 saturated heterocycles. The number of para-hydroxylation sites is 1. The molecule has 3 rings (SSSR count). The van der Waals surface area contributed by atoms with Gasteiger partial charge in [0.25, 0.3) is 0 Å². The van der Waals surface area contributed by atoms with Crippen LogP contribution < -0.4 is 9.80 Å². The first-order valence-electron chi connectivity index (χ1n) is 8.60. The van der Waals surface area contributed by atoms with Gasteiger partial charge in [0.2, 0.25) is 0 Å². The fourth-order valence-corrected chi connectivity index (χ4v) is 2.89. The maximum Gasteiger partial charge on any atom is 0.138 e. The third kappa shape index (κ3) is 4.15. The van der Waals surface area contributed by atoms with E-state index in [4.69, 9.17) is 0 Å². The smallest absolute Gasteiger partial charge is 0.138 e. The Morgan fingerprint density at radius 2 is 1.44 bits per heavy atom. The summed E-state index contributed by atoms with van der Waals surface area (Å²) in [5, 5.41) is 0. The highest BCUT2D eigenvalue weighted by Gasteiger charge is 2.13. The lowest BCUT2D eigenvalue weighted by Crippen LogP contribution is -2.22. The first kappa shape index (κ1) is 17.0. The number of anilines is 3. The Bertz CT molecular complexity index is 803. The van der Waals surface area contributed by atoms with Gasteiger partial charge in [-0.3, -0.25) is 0 Å². The molecule has 2 aromatic carbocycles. The second-order valence-electron chi connectivity index (χ2n) is 6.05. The largest absolute Gasteiger partial charge is 0.355 e.